The van der Waals surface area contributed by atoms with Crippen molar-refractivity contribution in [2.75, 3.05) is 18.0 Å². The van der Waals surface area contributed by atoms with Crippen LogP contribution in [0.4, 0.5) is 5.13 Å². The Labute approximate surface area is 109 Å². The quantitative estimate of drug-likeness (QED) is 0.904. The first-order chi connectivity index (χ1) is 8.74. The van der Waals surface area contributed by atoms with Crippen molar-refractivity contribution < 1.29 is 9.90 Å². The van der Waals surface area contributed by atoms with E-state index in [0.29, 0.717) is 6.54 Å². The fourth-order valence-corrected chi connectivity index (χ4v) is 3.35. The number of piperidine rings is 1. The number of fused-ring (bicyclic) bond motifs is 1. The lowest BCUT2D eigenvalue weighted by atomic mass is 9.99. The molecule has 1 aromatic heterocycles. The maximum atomic E-state index is 11.1. The zero-order valence-electron chi connectivity index (χ0n) is 9.87. The monoisotopic (exact) mass is 262 g/mol. The summed E-state index contributed by atoms with van der Waals surface area (Å²) in [4.78, 5) is 17.7. The topological polar surface area (TPSA) is 53.4 Å². The molecule has 94 valence electrons. The van der Waals surface area contributed by atoms with Gasteiger partial charge < -0.3 is 10.0 Å². The minimum absolute atomic E-state index is 0.259. The number of aromatic nitrogens is 1. The zero-order chi connectivity index (χ0) is 12.5. The van der Waals surface area contributed by atoms with Crippen LogP contribution in [0.5, 0.6) is 0 Å². The van der Waals surface area contributed by atoms with Crippen molar-refractivity contribution in [1.82, 2.24) is 4.98 Å². The molecule has 1 saturated heterocycles. The Morgan fingerprint density at radius 1 is 1.44 bits per heavy atom. The highest BCUT2D eigenvalue weighted by Gasteiger charge is 2.26. The van der Waals surface area contributed by atoms with Crippen LogP contribution in [0.2, 0.25) is 0 Å². The molecule has 3 rings (SSSR count). The summed E-state index contributed by atoms with van der Waals surface area (Å²) in [5, 5.41) is 10.0. The van der Waals surface area contributed by atoms with Gasteiger partial charge in [-0.2, -0.15) is 0 Å². The molecule has 0 bridgehead atoms. The first-order valence-corrected chi connectivity index (χ1v) is 6.89. The summed E-state index contributed by atoms with van der Waals surface area (Å²) in [6.45, 7) is 1.48. The second-order valence-electron chi connectivity index (χ2n) is 4.59. The highest BCUT2D eigenvalue weighted by Crippen LogP contribution is 2.31. The zero-order valence-corrected chi connectivity index (χ0v) is 10.7. The van der Waals surface area contributed by atoms with E-state index >= 15 is 0 Å². The number of para-hydroxylation sites is 1. The summed E-state index contributed by atoms with van der Waals surface area (Å²) in [5.74, 6) is -0.952. The number of hydrogen-bond acceptors (Lipinski definition) is 4. The van der Waals surface area contributed by atoms with Crippen molar-refractivity contribution in [3.8, 4) is 0 Å². The second kappa shape index (κ2) is 4.57. The van der Waals surface area contributed by atoms with E-state index in [0.717, 1.165) is 34.7 Å². The Hall–Kier alpha value is -1.62. The Morgan fingerprint density at radius 2 is 2.28 bits per heavy atom. The van der Waals surface area contributed by atoms with E-state index in [-0.39, 0.29) is 5.92 Å². The standard InChI is InChI=1S/C13H14N2O2S/c16-12(17)9-4-3-7-15(8-9)13-14-10-5-1-2-6-11(10)18-13/h1-2,5-6,9H,3-4,7-8H2,(H,16,17). The van der Waals surface area contributed by atoms with Crippen LogP contribution in [0.1, 0.15) is 12.8 Å². The second-order valence-corrected chi connectivity index (χ2v) is 5.60. The largest absolute Gasteiger partial charge is 0.481 e. The van der Waals surface area contributed by atoms with Gasteiger partial charge in [0, 0.05) is 13.1 Å². The summed E-state index contributed by atoms with van der Waals surface area (Å²) < 4.78 is 1.16. The van der Waals surface area contributed by atoms with Crippen LogP contribution in [-0.4, -0.2) is 29.1 Å². The fourth-order valence-electron chi connectivity index (χ4n) is 2.35. The molecule has 1 N–H and O–H groups in total. The van der Waals surface area contributed by atoms with Crippen molar-refractivity contribution in [1.29, 1.82) is 0 Å². The van der Waals surface area contributed by atoms with Gasteiger partial charge in [-0.25, -0.2) is 4.98 Å². The average Bonchev–Trinajstić information content (AvgIpc) is 2.82. The van der Waals surface area contributed by atoms with Gasteiger partial charge >= 0.3 is 5.97 Å². The van der Waals surface area contributed by atoms with Crippen LogP contribution in [0.25, 0.3) is 10.2 Å². The molecule has 0 saturated carbocycles. The molecule has 0 radical (unpaired) electrons. The Morgan fingerprint density at radius 3 is 3.06 bits per heavy atom. The third-order valence-corrected chi connectivity index (χ3v) is 4.42. The molecule has 5 heteroatoms. The molecular formula is C13H14N2O2S. The summed E-state index contributed by atoms with van der Waals surface area (Å²) in [6, 6.07) is 8.02. The van der Waals surface area contributed by atoms with Crippen LogP contribution < -0.4 is 4.90 Å². The van der Waals surface area contributed by atoms with Gasteiger partial charge in [0.15, 0.2) is 5.13 Å². The normalized spacial score (nSPS) is 20.2. The van der Waals surface area contributed by atoms with Crippen LogP contribution in [-0.2, 0) is 4.79 Å². The van der Waals surface area contributed by atoms with Gasteiger partial charge in [0.2, 0.25) is 0 Å². The molecule has 0 amide bonds. The van der Waals surface area contributed by atoms with Crippen LogP contribution in [0.15, 0.2) is 24.3 Å². The first kappa shape index (κ1) is 11.5. The van der Waals surface area contributed by atoms with Gasteiger partial charge in [0.25, 0.3) is 0 Å². The molecule has 1 aromatic carbocycles. The summed E-state index contributed by atoms with van der Waals surface area (Å²) in [7, 11) is 0. The minimum atomic E-state index is -0.694. The van der Waals surface area contributed by atoms with E-state index < -0.39 is 5.97 Å². The van der Waals surface area contributed by atoms with Crippen LogP contribution >= 0.6 is 11.3 Å². The molecular weight excluding hydrogens is 248 g/mol. The van der Waals surface area contributed by atoms with Crippen molar-refractivity contribution in [2.45, 2.75) is 12.8 Å². The van der Waals surface area contributed by atoms with Crippen molar-refractivity contribution >= 4 is 32.7 Å². The number of nitrogens with zero attached hydrogens (tertiary/aromatic N) is 2. The molecule has 1 unspecified atom stereocenters. The predicted octanol–water partition coefficient (Wildman–Crippen LogP) is 2.60. The van der Waals surface area contributed by atoms with E-state index in [1.807, 2.05) is 18.2 Å². The highest BCUT2D eigenvalue weighted by molar-refractivity contribution is 7.22. The molecule has 1 atom stereocenters. The van der Waals surface area contributed by atoms with E-state index in [2.05, 4.69) is 16.0 Å². The van der Waals surface area contributed by atoms with Gasteiger partial charge in [-0.3, -0.25) is 4.79 Å². The van der Waals surface area contributed by atoms with Crippen LogP contribution in [0.3, 0.4) is 0 Å². The molecule has 1 fully saturated rings. The number of thiazole rings is 1. The number of carboxylic acids is 1. The summed E-state index contributed by atoms with van der Waals surface area (Å²) in [6.07, 6.45) is 1.70. The number of rotatable bonds is 2. The number of aliphatic carboxylic acids is 1. The molecule has 0 aliphatic carbocycles. The molecule has 2 aromatic rings. The number of anilines is 1. The molecule has 1 aliphatic heterocycles. The maximum absolute atomic E-state index is 11.1. The van der Waals surface area contributed by atoms with Crippen molar-refractivity contribution in [3.63, 3.8) is 0 Å². The van der Waals surface area contributed by atoms with Crippen molar-refractivity contribution in [3.05, 3.63) is 24.3 Å². The van der Waals surface area contributed by atoms with E-state index in [1.165, 1.54) is 0 Å². The number of benzene rings is 1. The smallest absolute Gasteiger partial charge is 0.308 e. The number of carbonyl (C=O) groups is 1. The summed E-state index contributed by atoms with van der Waals surface area (Å²) >= 11 is 1.64. The Kier molecular flexibility index (Phi) is 2.91. The summed E-state index contributed by atoms with van der Waals surface area (Å²) in [5.41, 5.74) is 0.995. The predicted molar refractivity (Wildman–Crippen MR) is 72.2 cm³/mol. The SMILES string of the molecule is O=C(O)C1CCCN(c2nc3ccccc3s2)C1. The minimum Gasteiger partial charge on any atom is -0.481 e. The van der Waals surface area contributed by atoms with Crippen LogP contribution in [0, 0.1) is 5.92 Å². The molecule has 4 nitrogen and oxygen atoms in total. The van der Waals surface area contributed by atoms with Gasteiger partial charge in [-0.1, -0.05) is 23.5 Å². The number of carboxylic acid groups (broad SMARTS) is 1. The van der Waals surface area contributed by atoms with Gasteiger partial charge in [-0.05, 0) is 25.0 Å². The molecule has 2 heterocycles. The Balaban J connectivity index is 1.87. The third kappa shape index (κ3) is 2.06. The first-order valence-electron chi connectivity index (χ1n) is 6.07. The van der Waals surface area contributed by atoms with Crippen molar-refractivity contribution in [2.24, 2.45) is 5.92 Å². The average molecular weight is 262 g/mol. The molecule has 18 heavy (non-hydrogen) atoms. The lowest BCUT2D eigenvalue weighted by molar-refractivity contribution is -0.141. The molecule has 0 spiro atoms. The third-order valence-electron chi connectivity index (χ3n) is 3.32. The fraction of sp³-hybridized carbons (Fsp3) is 0.385. The van der Waals surface area contributed by atoms with E-state index in [9.17, 15) is 4.79 Å². The van der Waals surface area contributed by atoms with Gasteiger partial charge in [0.1, 0.15) is 0 Å². The lowest BCUT2D eigenvalue weighted by Gasteiger charge is -2.30. The van der Waals surface area contributed by atoms with Gasteiger partial charge in [0.05, 0.1) is 16.1 Å². The maximum Gasteiger partial charge on any atom is 0.308 e. The number of hydrogen-bond donors (Lipinski definition) is 1. The van der Waals surface area contributed by atoms with Gasteiger partial charge in [-0.15, -0.1) is 0 Å². The highest BCUT2D eigenvalue weighted by atomic mass is 32.1. The lowest BCUT2D eigenvalue weighted by Crippen LogP contribution is -2.38. The molecule has 1 aliphatic rings. The van der Waals surface area contributed by atoms with E-state index in [1.54, 1.807) is 11.3 Å². The Bertz CT molecular complexity index is 548. The van der Waals surface area contributed by atoms with E-state index in [4.69, 9.17) is 5.11 Å².